The number of likely N-dealkylation sites (tertiary alicyclic amines) is 2. The van der Waals surface area contributed by atoms with Crippen molar-refractivity contribution in [3.8, 4) is 11.3 Å². The monoisotopic (exact) mass is 600 g/mol. The molecule has 2 aromatic heterocycles. The number of hydrogen-bond donors (Lipinski definition) is 1. The summed E-state index contributed by atoms with van der Waals surface area (Å²) in [7, 11) is 0. The van der Waals surface area contributed by atoms with Crippen LogP contribution in [0.2, 0.25) is 0 Å². The molecule has 1 unspecified atom stereocenters. The highest BCUT2D eigenvalue weighted by Gasteiger charge is 2.47. The summed E-state index contributed by atoms with van der Waals surface area (Å²) in [5.41, 5.74) is 5.85. The predicted octanol–water partition coefficient (Wildman–Crippen LogP) is 6.82. The van der Waals surface area contributed by atoms with Crippen LogP contribution < -0.4 is 0 Å². The molecule has 3 aromatic rings. The van der Waals surface area contributed by atoms with Crippen LogP contribution in [0.1, 0.15) is 86.8 Å². The van der Waals surface area contributed by atoms with Crippen LogP contribution in [0.4, 0.5) is 0 Å². The first-order valence-corrected chi connectivity index (χ1v) is 17.6. The van der Waals surface area contributed by atoms with E-state index in [1.54, 1.807) is 11.3 Å². The lowest BCUT2D eigenvalue weighted by Crippen LogP contribution is -2.45. The summed E-state index contributed by atoms with van der Waals surface area (Å²) in [6.07, 6.45) is 9.77. The van der Waals surface area contributed by atoms with Crippen molar-refractivity contribution in [3.63, 3.8) is 0 Å². The molecule has 6 heterocycles. The molecule has 7 rings (SSSR count). The van der Waals surface area contributed by atoms with E-state index in [4.69, 9.17) is 0 Å². The van der Waals surface area contributed by atoms with Crippen molar-refractivity contribution < 1.29 is 9.59 Å². The first kappa shape index (κ1) is 29.1. The Morgan fingerprint density at radius 2 is 1.60 bits per heavy atom. The van der Waals surface area contributed by atoms with Gasteiger partial charge in [-0.25, -0.2) is 0 Å². The minimum Gasteiger partial charge on any atom is -0.346 e. The predicted molar refractivity (Wildman–Crippen MR) is 176 cm³/mol. The number of carbonyl (C=O) groups excluding carboxylic acids is 2. The van der Waals surface area contributed by atoms with E-state index >= 15 is 0 Å². The van der Waals surface area contributed by atoms with Gasteiger partial charge in [0.15, 0.2) is 0 Å². The van der Waals surface area contributed by atoms with Gasteiger partial charge in [0.1, 0.15) is 4.83 Å². The summed E-state index contributed by atoms with van der Waals surface area (Å²) in [5.74, 6) is 1.14. The van der Waals surface area contributed by atoms with E-state index in [-0.39, 0.29) is 0 Å². The molecule has 0 radical (unpaired) electrons. The SMILES string of the molecule is Cc1cc(C)cc(-c2[nH]c3sc(C(C)(C)C(=O)N4C5CCC4CC5)cc3c2CCN2CCC(CC(=O)N3CCCC3)C2)c1. The molecule has 2 amide bonds. The number of H-pyrrole nitrogens is 1. The molecule has 43 heavy (non-hydrogen) atoms. The number of aromatic nitrogens is 1. The van der Waals surface area contributed by atoms with Gasteiger partial charge in [-0.15, -0.1) is 11.3 Å². The highest BCUT2D eigenvalue weighted by atomic mass is 32.1. The average Bonchev–Trinajstić information content (AvgIpc) is 3.81. The molecule has 1 atom stereocenters. The Balaban J connectivity index is 1.13. The molecule has 7 heteroatoms. The maximum atomic E-state index is 14.0. The number of aryl methyl sites for hydroxylation is 2. The Bertz CT molecular complexity index is 1490. The fraction of sp³-hybridized carbons (Fsp3) is 0.611. The maximum absolute atomic E-state index is 14.0. The van der Waals surface area contributed by atoms with Gasteiger partial charge in [0.05, 0.1) is 11.1 Å². The first-order chi connectivity index (χ1) is 20.7. The van der Waals surface area contributed by atoms with Crippen LogP contribution in [0.25, 0.3) is 21.5 Å². The zero-order valence-corrected chi connectivity index (χ0v) is 27.3. The first-order valence-electron chi connectivity index (χ1n) is 16.7. The van der Waals surface area contributed by atoms with E-state index in [0.717, 1.165) is 58.4 Å². The normalized spacial score (nSPS) is 24.2. The fourth-order valence-electron chi connectivity index (χ4n) is 8.53. The second kappa shape index (κ2) is 11.4. The minimum absolute atomic E-state index is 0.309. The van der Waals surface area contributed by atoms with Gasteiger partial charge in [0.2, 0.25) is 11.8 Å². The number of aromatic amines is 1. The van der Waals surface area contributed by atoms with Crippen LogP contribution in [0.3, 0.4) is 0 Å². The Labute approximate surface area is 260 Å². The summed E-state index contributed by atoms with van der Waals surface area (Å²) < 4.78 is 0. The summed E-state index contributed by atoms with van der Waals surface area (Å²) in [6.45, 7) is 13.6. The molecule has 4 saturated heterocycles. The maximum Gasteiger partial charge on any atom is 0.233 e. The Kier molecular flexibility index (Phi) is 7.70. The smallest absolute Gasteiger partial charge is 0.233 e. The zero-order chi connectivity index (χ0) is 29.9. The number of thiophene rings is 1. The number of nitrogens with zero attached hydrogens (tertiary/aromatic N) is 3. The standard InChI is InChI=1S/C36H48N4O2S/c1-23-17-24(2)19-26(18-23)33-29(12-16-38-15-11-25(22-38)20-32(41)39-13-5-6-14-39)30-21-31(43-34(30)37-33)36(3,4)35(42)40-27-7-8-28(40)10-9-27/h17-19,21,25,27-28,37H,5-16,20,22H2,1-4H3. The molecule has 1 N–H and O–H groups in total. The molecule has 4 aliphatic rings. The quantitative estimate of drug-likeness (QED) is 0.309. The van der Waals surface area contributed by atoms with Crippen molar-refractivity contribution in [1.82, 2.24) is 19.7 Å². The van der Waals surface area contributed by atoms with Gasteiger partial charge in [0, 0.05) is 54.9 Å². The summed E-state index contributed by atoms with van der Waals surface area (Å²) in [6, 6.07) is 10.0. The molecule has 0 spiro atoms. The molecule has 4 fully saturated rings. The van der Waals surface area contributed by atoms with Gasteiger partial charge in [-0.05, 0) is 121 Å². The minimum atomic E-state index is -0.531. The number of nitrogens with one attached hydrogen (secondary N) is 1. The molecule has 2 bridgehead atoms. The number of benzene rings is 1. The highest BCUT2D eigenvalue weighted by Crippen LogP contribution is 2.44. The molecule has 4 aliphatic heterocycles. The van der Waals surface area contributed by atoms with Gasteiger partial charge in [0.25, 0.3) is 0 Å². The second-order valence-corrected chi connectivity index (χ2v) is 15.6. The van der Waals surface area contributed by atoms with Gasteiger partial charge in [-0.2, -0.15) is 0 Å². The Hall–Kier alpha value is -2.64. The topological polar surface area (TPSA) is 59.7 Å². The van der Waals surface area contributed by atoms with E-state index in [1.807, 2.05) is 0 Å². The summed E-state index contributed by atoms with van der Waals surface area (Å²) >= 11 is 1.77. The molecular formula is C36H48N4O2S. The fourth-order valence-corrected chi connectivity index (χ4v) is 9.72. The molecule has 230 valence electrons. The Morgan fingerprint density at radius 3 is 2.28 bits per heavy atom. The number of hydrogen-bond acceptors (Lipinski definition) is 4. The van der Waals surface area contributed by atoms with Crippen molar-refractivity contribution in [3.05, 3.63) is 45.8 Å². The Morgan fingerprint density at radius 1 is 0.930 bits per heavy atom. The molecule has 0 aliphatic carbocycles. The number of fused-ring (bicyclic) bond motifs is 3. The van der Waals surface area contributed by atoms with Gasteiger partial charge in [-0.1, -0.05) is 17.2 Å². The van der Waals surface area contributed by atoms with Gasteiger partial charge < -0.3 is 19.7 Å². The lowest BCUT2D eigenvalue weighted by molar-refractivity contribution is -0.137. The third-order valence-corrected chi connectivity index (χ3v) is 12.3. The zero-order valence-electron chi connectivity index (χ0n) is 26.5. The van der Waals surface area contributed by atoms with Crippen LogP contribution in [0.15, 0.2) is 24.3 Å². The van der Waals surface area contributed by atoms with Crippen molar-refractivity contribution in [2.24, 2.45) is 5.92 Å². The van der Waals surface area contributed by atoms with E-state index in [9.17, 15) is 9.59 Å². The van der Waals surface area contributed by atoms with Crippen LogP contribution in [0, 0.1) is 19.8 Å². The van der Waals surface area contributed by atoms with Crippen molar-refractivity contribution in [2.75, 3.05) is 32.7 Å². The van der Waals surface area contributed by atoms with Crippen LogP contribution >= 0.6 is 11.3 Å². The van der Waals surface area contributed by atoms with Crippen molar-refractivity contribution in [1.29, 1.82) is 0 Å². The molecule has 0 saturated carbocycles. The summed E-state index contributed by atoms with van der Waals surface area (Å²) in [5, 5.41) is 1.28. The lowest BCUT2D eigenvalue weighted by Gasteiger charge is -2.31. The van der Waals surface area contributed by atoms with Crippen LogP contribution in [-0.4, -0.2) is 76.3 Å². The van der Waals surface area contributed by atoms with E-state index in [1.165, 1.54) is 68.7 Å². The van der Waals surface area contributed by atoms with Crippen LogP contribution in [-0.2, 0) is 21.4 Å². The highest BCUT2D eigenvalue weighted by molar-refractivity contribution is 7.19. The van der Waals surface area contributed by atoms with E-state index in [2.05, 4.69) is 71.6 Å². The van der Waals surface area contributed by atoms with Crippen molar-refractivity contribution in [2.45, 2.75) is 103 Å². The average molecular weight is 601 g/mol. The molecule has 1 aromatic carbocycles. The molecular weight excluding hydrogens is 552 g/mol. The molecule has 6 nitrogen and oxygen atoms in total. The second-order valence-electron chi connectivity index (χ2n) is 14.5. The van der Waals surface area contributed by atoms with Gasteiger partial charge in [-0.3, -0.25) is 9.59 Å². The summed E-state index contributed by atoms with van der Waals surface area (Å²) in [4.78, 5) is 39.8. The largest absolute Gasteiger partial charge is 0.346 e. The third kappa shape index (κ3) is 5.45. The third-order valence-electron chi connectivity index (χ3n) is 10.9. The number of carbonyl (C=O) groups is 2. The van der Waals surface area contributed by atoms with Crippen molar-refractivity contribution >= 4 is 33.4 Å². The van der Waals surface area contributed by atoms with E-state index < -0.39 is 5.41 Å². The lowest BCUT2D eigenvalue weighted by atomic mass is 9.88. The van der Waals surface area contributed by atoms with Gasteiger partial charge >= 0.3 is 0 Å². The van der Waals surface area contributed by atoms with Crippen LogP contribution in [0.5, 0.6) is 0 Å². The number of rotatable bonds is 8. The number of amides is 2. The van der Waals surface area contributed by atoms with E-state index in [0.29, 0.717) is 36.2 Å².